The first-order chi connectivity index (χ1) is 5.70. The number of aromatic amines is 2. The fraction of sp³-hybridized carbons (Fsp3) is 0. The van der Waals surface area contributed by atoms with E-state index in [2.05, 4.69) is 27.8 Å². The van der Waals surface area contributed by atoms with Crippen LogP contribution in [-0.4, -0.2) is 18.9 Å². The number of imidazole rings is 1. The number of thiol groups is 1. The molecule has 0 spiro atoms. The second kappa shape index (κ2) is 2.24. The standard InChI is InChI=1S/C5H4N4O2S/c10-4-2-3(7-1-6-2)8-5(11)9(4)12/h1,12H,(H,6,7)(H,8,11). The summed E-state index contributed by atoms with van der Waals surface area (Å²) in [6.07, 6.45) is 1.33. The lowest BCUT2D eigenvalue weighted by atomic mass is 10.5. The molecule has 0 saturated heterocycles. The van der Waals surface area contributed by atoms with Crippen LogP contribution in [-0.2, 0) is 0 Å². The summed E-state index contributed by atoms with van der Waals surface area (Å²) < 4.78 is 0.681. The maximum atomic E-state index is 11.2. The molecule has 0 bridgehead atoms. The zero-order valence-electron chi connectivity index (χ0n) is 5.74. The second-order valence-corrected chi connectivity index (χ2v) is 2.57. The van der Waals surface area contributed by atoms with Crippen molar-refractivity contribution in [3.8, 4) is 0 Å². The van der Waals surface area contributed by atoms with Crippen molar-refractivity contribution < 1.29 is 0 Å². The molecular formula is C5H4N4O2S. The van der Waals surface area contributed by atoms with E-state index in [1.54, 1.807) is 0 Å². The van der Waals surface area contributed by atoms with E-state index in [1.807, 2.05) is 0 Å². The van der Waals surface area contributed by atoms with Crippen LogP contribution in [0.5, 0.6) is 0 Å². The van der Waals surface area contributed by atoms with Gasteiger partial charge < -0.3 is 4.98 Å². The average Bonchev–Trinajstić information content (AvgIpc) is 2.48. The van der Waals surface area contributed by atoms with Gasteiger partial charge in [-0.25, -0.2) is 13.8 Å². The molecule has 12 heavy (non-hydrogen) atoms. The van der Waals surface area contributed by atoms with Crippen LogP contribution in [0.25, 0.3) is 11.2 Å². The summed E-state index contributed by atoms with van der Waals surface area (Å²) in [4.78, 5) is 30.8. The van der Waals surface area contributed by atoms with Crippen LogP contribution < -0.4 is 11.2 Å². The zero-order chi connectivity index (χ0) is 8.72. The van der Waals surface area contributed by atoms with E-state index in [4.69, 9.17) is 0 Å². The van der Waals surface area contributed by atoms with Crippen molar-refractivity contribution in [2.45, 2.75) is 0 Å². The van der Waals surface area contributed by atoms with Crippen LogP contribution in [0.3, 0.4) is 0 Å². The average molecular weight is 184 g/mol. The number of hydrogen-bond acceptors (Lipinski definition) is 4. The molecule has 6 nitrogen and oxygen atoms in total. The largest absolute Gasteiger partial charge is 0.340 e. The molecule has 7 heteroatoms. The first-order valence-electron chi connectivity index (χ1n) is 3.08. The second-order valence-electron chi connectivity index (χ2n) is 2.17. The number of rotatable bonds is 0. The van der Waals surface area contributed by atoms with Crippen LogP contribution in [0.4, 0.5) is 0 Å². The Morgan fingerprint density at radius 3 is 3.00 bits per heavy atom. The van der Waals surface area contributed by atoms with Crippen molar-refractivity contribution in [2.75, 3.05) is 0 Å². The van der Waals surface area contributed by atoms with Gasteiger partial charge in [-0.1, -0.05) is 12.8 Å². The van der Waals surface area contributed by atoms with Crippen molar-refractivity contribution in [1.29, 1.82) is 0 Å². The number of hydrogen-bond donors (Lipinski definition) is 3. The molecule has 2 aromatic heterocycles. The Bertz CT molecular complexity index is 536. The normalized spacial score (nSPS) is 10.8. The van der Waals surface area contributed by atoms with Crippen LogP contribution in [0.15, 0.2) is 15.9 Å². The molecule has 0 aliphatic heterocycles. The van der Waals surface area contributed by atoms with Gasteiger partial charge in [-0.05, 0) is 0 Å². The lowest BCUT2D eigenvalue weighted by Crippen LogP contribution is -2.29. The molecule has 0 aliphatic rings. The number of nitrogens with zero attached hydrogens (tertiary/aromatic N) is 2. The molecule has 0 fully saturated rings. The van der Waals surface area contributed by atoms with Crippen molar-refractivity contribution in [1.82, 2.24) is 18.9 Å². The topological polar surface area (TPSA) is 83.5 Å². The Kier molecular flexibility index (Phi) is 1.34. The van der Waals surface area contributed by atoms with Gasteiger partial charge in [0.15, 0.2) is 11.2 Å². The molecule has 62 valence electrons. The van der Waals surface area contributed by atoms with Gasteiger partial charge in [0.2, 0.25) is 0 Å². The third kappa shape index (κ3) is 0.797. The van der Waals surface area contributed by atoms with Gasteiger partial charge in [0.1, 0.15) is 0 Å². The zero-order valence-corrected chi connectivity index (χ0v) is 6.63. The van der Waals surface area contributed by atoms with Crippen molar-refractivity contribution in [3.05, 3.63) is 27.2 Å². The predicted octanol–water partition coefficient (Wildman–Crippen LogP) is -0.894. The van der Waals surface area contributed by atoms with E-state index >= 15 is 0 Å². The Hall–Kier alpha value is -1.50. The van der Waals surface area contributed by atoms with E-state index in [-0.39, 0.29) is 11.2 Å². The van der Waals surface area contributed by atoms with Gasteiger partial charge in [0.25, 0.3) is 5.56 Å². The van der Waals surface area contributed by atoms with E-state index in [0.717, 1.165) is 0 Å². The number of fused-ring (bicyclic) bond motifs is 1. The molecule has 0 aromatic carbocycles. The molecule has 0 amide bonds. The maximum Gasteiger partial charge on any atom is 0.340 e. The fourth-order valence-corrected chi connectivity index (χ4v) is 1.05. The molecule has 2 rings (SSSR count). The number of H-pyrrole nitrogens is 2. The summed E-state index contributed by atoms with van der Waals surface area (Å²) >= 11 is 3.67. The number of nitrogens with one attached hydrogen (secondary N) is 2. The summed E-state index contributed by atoms with van der Waals surface area (Å²) in [5.41, 5.74) is -0.614. The highest BCUT2D eigenvalue weighted by molar-refractivity contribution is 7.78. The van der Waals surface area contributed by atoms with E-state index in [0.29, 0.717) is 3.97 Å². The number of aromatic nitrogens is 4. The lowest BCUT2D eigenvalue weighted by Gasteiger charge is -1.91. The molecule has 2 aromatic rings. The van der Waals surface area contributed by atoms with Crippen LogP contribution >= 0.6 is 12.8 Å². The maximum absolute atomic E-state index is 11.2. The summed E-state index contributed by atoms with van der Waals surface area (Å²) in [6.45, 7) is 0. The molecule has 0 atom stereocenters. The lowest BCUT2D eigenvalue weighted by molar-refractivity contribution is 1.01. The minimum atomic E-state index is -0.595. The van der Waals surface area contributed by atoms with E-state index in [9.17, 15) is 9.59 Å². The highest BCUT2D eigenvalue weighted by Crippen LogP contribution is 1.94. The van der Waals surface area contributed by atoms with Crippen molar-refractivity contribution in [2.24, 2.45) is 0 Å². The monoisotopic (exact) mass is 184 g/mol. The first kappa shape index (κ1) is 7.17. The van der Waals surface area contributed by atoms with E-state index < -0.39 is 11.2 Å². The summed E-state index contributed by atoms with van der Waals surface area (Å²) in [5, 5.41) is 0. The highest BCUT2D eigenvalue weighted by Gasteiger charge is 2.05. The minimum absolute atomic E-state index is 0.240. The smallest absolute Gasteiger partial charge is 0.339 e. The van der Waals surface area contributed by atoms with E-state index in [1.165, 1.54) is 6.33 Å². The van der Waals surface area contributed by atoms with Gasteiger partial charge in [-0.2, -0.15) is 0 Å². The summed E-state index contributed by atoms with van der Waals surface area (Å²) in [5.74, 6) is 0. The molecule has 0 radical (unpaired) electrons. The van der Waals surface area contributed by atoms with Gasteiger partial charge >= 0.3 is 5.69 Å². The third-order valence-electron chi connectivity index (χ3n) is 1.46. The Balaban J connectivity index is 3.16. The molecule has 0 saturated carbocycles. The van der Waals surface area contributed by atoms with Crippen LogP contribution in [0.1, 0.15) is 0 Å². The molecule has 0 aliphatic carbocycles. The van der Waals surface area contributed by atoms with Gasteiger partial charge in [-0.3, -0.25) is 9.78 Å². The molecule has 0 unspecified atom stereocenters. The third-order valence-corrected chi connectivity index (χ3v) is 1.83. The quantitative estimate of drug-likeness (QED) is 0.464. The van der Waals surface area contributed by atoms with Gasteiger partial charge in [0, 0.05) is 0 Å². The SMILES string of the molecule is O=c1[nH]c2nc[nH]c2c(=O)n1S. The van der Waals surface area contributed by atoms with Gasteiger partial charge in [-0.15, -0.1) is 0 Å². The fourth-order valence-electron chi connectivity index (χ4n) is 0.904. The summed E-state index contributed by atoms with van der Waals surface area (Å²) in [7, 11) is 0. The van der Waals surface area contributed by atoms with Crippen molar-refractivity contribution in [3.63, 3.8) is 0 Å². The minimum Gasteiger partial charge on any atom is -0.339 e. The molecule has 2 heterocycles. The summed E-state index contributed by atoms with van der Waals surface area (Å²) in [6, 6.07) is 0. The Labute approximate surface area is 70.8 Å². The molecular weight excluding hydrogens is 180 g/mol. The first-order valence-corrected chi connectivity index (χ1v) is 3.48. The predicted molar refractivity (Wildman–Crippen MR) is 45.4 cm³/mol. The van der Waals surface area contributed by atoms with Gasteiger partial charge in [0.05, 0.1) is 6.33 Å². The van der Waals surface area contributed by atoms with Crippen LogP contribution in [0.2, 0.25) is 0 Å². The molecule has 2 N–H and O–H groups in total. The Morgan fingerprint density at radius 1 is 1.50 bits per heavy atom. The highest BCUT2D eigenvalue weighted by atomic mass is 32.1. The Morgan fingerprint density at radius 2 is 2.25 bits per heavy atom. The van der Waals surface area contributed by atoms with Crippen LogP contribution in [0, 0.1) is 0 Å². The van der Waals surface area contributed by atoms with Crippen molar-refractivity contribution >= 4 is 24.0 Å².